The average molecular weight is 214 g/mol. The Hall–Kier alpha value is -2.36. The Morgan fingerprint density at radius 1 is 1.38 bits per heavy atom. The molecule has 0 aliphatic heterocycles. The second kappa shape index (κ2) is 4.02. The van der Waals surface area contributed by atoms with Crippen molar-refractivity contribution in [3.63, 3.8) is 0 Å². The summed E-state index contributed by atoms with van der Waals surface area (Å²) in [4.78, 5) is 14.5. The van der Waals surface area contributed by atoms with Gasteiger partial charge in [-0.15, -0.1) is 0 Å². The number of benzene rings is 1. The number of aromatic nitrogens is 1. The zero-order chi connectivity index (χ0) is 11.5. The lowest BCUT2D eigenvalue weighted by atomic mass is 10.1. The van der Waals surface area contributed by atoms with E-state index in [1.807, 2.05) is 0 Å². The number of phenols is 1. The van der Waals surface area contributed by atoms with E-state index < -0.39 is 0 Å². The number of hydrogen-bond donors (Lipinski definition) is 2. The number of aromatic hydroxyl groups is 1. The highest BCUT2D eigenvalue weighted by Crippen LogP contribution is 2.23. The standard InChI is InChI=1S/C12H10N2O2/c1-8(13-7-15)10-6-5-9-11(14-10)3-2-4-12(9)16/h2-7,16H,1H2,(H,13,15). The molecule has 0 bridgehead atoms. The van der Waals surface area contributed by atoms with Crippen molar-refractivity contribution >= 4 is 23.0 Å². The van der Waals surface area contributed by atoms with Gasteiger partial charge in [0, 0.05) is 5.39 Å². The molecule has 4 heteroatoms. The van der Waals surface area contributed by atoms with Gasteiger partial charge in [-0.1, -0.05) is 12.6 Å². The fourth-order valence-corrected chi connectivity index (χ4v) is 1.45. The van der Waals surface area contributed by atoms with Crippen molar-refractivity contribution in [3.8, 4) is 5.75 Å². The second-order valence-electron chi connectivity index (χ2n) is 3.28. The zero-order valence-corrected chi connectivity index (χ0v) is 8.47. The molecule has 1 heterocycles. The van der Waals surface area contributed by atoms with Crippen LogP contribution in [0.5, 0.6) is 5.75 Å². The number of nitrogens with zero attached hydrogens (tertiary/aromatic N) is 1. The Morgan fingerprint density at radius 3 is 2.94 bits per heavy atom. The first-order chi connectivity index (χ1) is 7.72. The predicted molar refractivity (Wildman–Crippen MR) is 61.6 cm³/mol. The van der Waals surface area contributed by atoms with Crippen molar-refractivity contribution in [1.29, 1.82) is 0 Å². The minimum atomic E-state index is 0.186. The maximum Gasteiger partial charge on any atom is 0.211 e. The van der Waals surface area contributed by atoms with Crippen LogP contribution >= 0.6 is 0 Å². The Morgan fingerprint density at radius 2 is 2.19 bits per heavy atom. The van der Waals surface area contributed by atoms with Crippen LogP contribution in [-0.4, -0.2) is 16.5 Å². The van der Waals surface area contributed by atoms with Gasteiger partial charge in [-0.05, 0) is 24.3 Å². The molecular weight excluding hydrogens is 204 g/mol. The van der Waals surface area contributed by atoms with E-state index in [4.69, 9.17) is 0 Å². The monoisotopic (exact) mass is 214 g/mol. The van der Waals surface area contributed by atoms with Crippen molar-refractivity contribution < 1.29 is 9.90 Å². The van der Waals surface area contributed by atoms with Gasteiger partial charge < -0.3 is 10.4 Å². The van der Waals surface area contributed by atoms with E-state index in [-0.39, 0.29) is 5.75 Å². The summed E-state index contributed by atoms with van der Waals surface area (Å²) >= 11 is 0. The third-order valence-electron chi connectivity index (χ3n) is 2.25. The molecule has 2 aromatic rings. The van der Waals surface area contributed by atoms with Crippen LogP contribution in [0.4, 0.5) is 0 Å². The van der Waals surface area contributed by atoms with E-state index >= 15 is 0 Å². The number of carbonyl (C=O) groups excluding carboxylic acids is 1. The maximum atomic E-state index is 10.3. The van der Waals surface area contributed by atoms with E-state index in [2.05, 4.69) is 16.9 Å². The highest BCUT2D eigenvalue weighted by atomic mass is 16.3. The molecule has 0 saturated heterocycles. The lowest BCUT2D eigenvalue weighted by Crippen LogP contribution is -2.08. The number of amides is 1. The van der Waals surface area contributed by atoms with Crippen LogP contribution in [0.2, 0.25) is 0 Å². The summed E-state index contributed by atoms with van der Waals surface area (Å²) in [6.07, 6.45) is 0.552. The summed E-state index contributed by atoms with van der Waals surface area (Å²) < 4.78 is 0. The molecule has 0 saturated carbocycles. The van der Waals surface area contributed by atoms with Crippen molar-refractivity contribution in [3.05, 3.63) is 42.6 Å². The Kier molecular flexibility index (Phi) is 2.55. The van der Waals surface area contributed by atoms with Crippen molar-refractivity contribution in [2.24, 2.45) is 0 Å². The van der Waals surface area contributed by atoms with Crippen molar-refractivity contribution in [2.75, 3.05) is 0 Å². The molecule has 80 valence electrons. The van der Waals surface area contributed by atoms with E-state index in [0.29, 0.717) is 28.7 Å². The predicted octanol–water partition coefficient (Wildman–Crippen LogP) is 1.66. The first-order valence-electron chi connectivity index (χ1n) is 4.70. The minimum absolute atomic E-state index is 0.186. The number of hydrogen-bond acceptors (Lipinski definition) is 3. The van der Waals surface area contributed by atoms with Gasteiger partial charge in [0.05, 0.1) is 16.9 Å². The summed E-state index contributed by atoms with van der Waals surface area (Å²) in [5, 5.41) is 12.7. The SMILES string of the molecule is C=C(NC=O)c1ccc2c(O)cccc2n1. The Labute approximate surface area is 92.2 Å². The molecule has 0 fully saturated rings. The molecule has 0 atom stereocenters. The topological polar surface area (TPSA) is 62.2 Å². The smallest absolute Gasteiger partial charge is 0.211 e. The third-order valence-corrected chi connectivity index (χ3v) is 2.25. The largest absolute Gasteiger partial charge is 0.507 e. The van der Waals surface area contributed by atoms with Crippen LogP contribution in [0, 0.1) is 0 Å². The molecule has 1 aromatic carbocycles. The average Bonchev–Trinajstić information content (AvgIpc) is 2.29. The quantitative estimate of drug-likeness (QED) is 0.764. The minimum Gasteiger partial charge on any atom is -0.507 e. The summed E-state index contributed by atoms with van der Waals surface area (Å²) in [6.45, 7) is 3.68. The van der Waals surface area contributed by atoms with Crippen LogP contribution in [0.1, 0.15) is 5.69 Å². The molecule has 0 aliphatic rings. The second-order valence-corrected chi connectivity index (χ2v) is 3.28. The van der Waals surface area contributed by atoms with Gasteiger partial charge in [0.25, 0.3) is 0 Å². The number of carbonyl (C=O) groups is 1. The molecular formula is C12H10N2O2. The van der Waals surface area contributed by atoms with Crippen molar-refractivity contribution in [2.45, 2.75) is 0 Å². The summed E-state index contributed by atoms with van der Waals surface area (Å²) in [6, 6.07) is 8.53. The Bertz CT molecular complexity index is 564. The van der Waals surface area contributed by atoms with E-state index in [1.54, 1.807) is 30.3 Å². The van der Waals surface area contributed by atoms with Gasteiger partial charge in [-0.3, -0.25) is 4.79 Å². The van der Waals surface area contributed by atoms with Gasteiger partial charge in [0.2, 0.25) is 6.41 Å². The fraction of sp³-hybridized carbons (Fsp3) is 0. The first-order valence-corrected chi connectivity index (χ1v) is 4.70. The van der Waals surface area contributed by atoms with Gasteiger partial charge in [0.15, 0.2) is 0 Å². The Balaban J connectivity index is 2.52. The molecule has 2 rings (SSSR count). The van der Waals surface area contributed by atoms with Gasteiger partial charge in [0.1, 0.15) is 5.75 Å². The molecule has 0 aliphatic carbocycles. The summed E-state index contributed by atoms with van der Waals surface area (Å²) in [5.74, 6) is 0.186. The zero-order valence-electron chi connectivity index (χ0n) is 8.47. The molecule has 1 aromatic heterocycles. The molecule has 2 N–H and O–H groups in total. The molecule has 0 unspecified atom stereocenters. The highest BCUT2D eigenvalue weighted by Gasteiger charge is 2.03. The summed E-state index contributed by atoms with van der Waals surface area (Å²) in [7, 11) is 0. The van der Waals surface area contributed by atoms with E-state index in [9.17, 15) is 9.90 Å². The van der Waals surface area contributed by atoms with Crippen LogP contribution < -0.4 is 5.32 Å². The normalized spacial score (nSPS) is 10.0. The van der Waals surface area contributed by atoms with Crippen molar-refractivity contribution in [1.82, 2.24) is 10.3 Å². The number of pyridine rings is 1. The molecule has 1 amide bonds. The van der Waals surface area contributed by atoms with Crippen LogP contribution in [0.3, 0.4) is 0 Å². The number of rotatable bonds is 3. The fourth-order valence-electron chi connectivity index (χ4n) is 1.45. The first kappa shape index (κ1) is 10.2. The van der Waals surface area contributed by atoms with E-state index in [1.165, 1.54) is 0 Å². The number of nitrogens with one attached hydrogen (secondary N) is 1. The van der Waals surface area contributed by atoms with Crippen LogP contribution in [-0.2, 0) is 4.79 Å². The van der Waals surface area contributed by atoms with Crippen LogP contribution in [0.25, 0.3) is 16.6 Å². The molecule has 0 spiro atoms. The lowest BCUT2D eigenvalue weighted by Gasteiger charge is -2.05. The van der Waals surface area contributed by atoms with Gasteiger partial charge in [-0.2, -0.15) is 0 Å². The number of fused-ring (bicyclic) bond motifs is 1. The van der Waals surface area contributed by atoms with E-state index in [0.717, 1.165) is 0 Å². The maximum absolute atomic E-state index is 10.3. The molecule has 4 nitrogen and oxygen atoms in total. The highest BCUT2D eigenvalue weighted by molar-refractivity contribution is 5.86. The molecule has 16 heavy (non-hydrogen) atoms. The van der Waals surface area contributed by atoms with Gasteiger partial charge in [-0.25, -0.2) is 4.98 Å². The summed E-state index contributed by atoms with van der Waals surface area (Å²) in [5.41, 5.74) is 1.66. The number of phenolic OH excluding ortho intramolecular Hbond substituents is 1. The molecule has 0 radical (unpaired) electrons. The lowest BCUT2D eigenvalue weighted by molar-refractivity contribution is -0.108. The third kappa shape index (κ3) is 1.72. The van der Waals surface area contributed by atoms with Gasteiger partial charge >= 0.3 is 0 Å². The van der Waals surface area contributed by atoms with Crippen LogP contribution in [0.15, 0.2) is 36.9 Å².